The lowest BCUT2D eigenvalue weighted by Crippen LogP contribution is -2.51. The molecule has 0 heterocycles. The molecule has 0 spiro atoms. The van der Waals surface area contributed by atoms with E-state index in [9.17, 15) is 14.4 Å². The zero-order valence-electron chi connectivity index (χ0n) is 18.7. The maximum Gasteiger partial charge on any atom is 0.243 e. The van der Waals surface area contributed by atoms with Gasteiger partial charge < -0.3 is 16.0 Å². The monoisotopic (exact) mass is 455 g/mol. The molecule has 1 unspecified atom stereocenters. The van der Waals surface area contributed by atoms with Crippen molar-refractivity contribution in [2.45, 2.75) is 58.2 Å². The molecule has 3 rings (SSSR count). The van der Waals surface area contributed by atoms with E-state index in [-0.39, 0.29) is 42.1 Å². The van der Waals surface area contributed by atoms with Gasteiger partial charge in [0.2, 0.25) is 17.7 Å². The molecule has 0 saturated carbocycles. The van der Waals surface area contributed by atoms with E-state index >= 15 is 0 Å². The number of hydrogen-bond donors (Lipinski definition) is 3. The van der Waals surface area contributed by atoms with E-state index in [1.165, 1.54) is 6.92 Å². The Kier molecular flexibility index (Phi) is 7.91. The van der Waals surface area contributed by atoms with Crippen LogP contribution >= 0.6 is 11.6 Å². The van der Waals surface area contributed by atoms with Gasteiger partial charge in [-0.15, -0.1) is 0 Å². The first-order valence-electron chi connectivity index (χ1n) is 10.9. The van der Waals surface area contributed by atoms with Gasteiger partial charge in [-0.1, -0.05) is 61.8 Å². The lowest BCUT2D eigenvalue weighted by atomic mass is 10.0. The Morgan fingerprint density at radius 2 is 1.72 bits per heavy atom. The highest BCUT2D eigenvalue weighted by atomic mass is 35.5. The van der Waals surface area contributed by atoms with Crippen LogP contribution in [0.25, 0.3) is 0 Å². The summed E-state index contributed by atoms with van der Waals surface area (Å²) < 4.78 is 0. The smallest absolute Gasteiger partial charge is 0.243 e. The van der Waals surface area contributed by atoms with Crippen molar-refractivity contribution in [1.82, 2.24) is 16.0 Å². The second-order valence-electron chi connectivity index (χ2n) is 8.75. The van der Waals surface area contributed by atoms with Crippen molar-refractivity contribution in [3.8, 4) is 0 Å². The fourth-order valence-corrected chi connectivity index (χ4v) is 4.28. The summed E-state index contributed by atoms with van der Waals surface area (Å²) in [6.45, 7) is 5.42. The number of benzene rings is 2. The average molecular weight is 456 g/mol. The van der Waals surface area contributed by atoms with Gasteiger partial charge in [-0.25, -0.2) is 0 Å². The summed E-state index contributed by atoms with van der Waals surface area (Å²) in [6.07, 6.45) is 1.39. The van der Waals surface area contributed by atoms with Crippen LogP contribution in [0.4, 0.5) is 0 Å². The van der Waals surface area contributed by atoms with Crippen LogP contribution in [0.3, 0.4) is 0 Å². The van der Waals surface area contributed by atoms with Crippen LogP contribution in [-0.2, 0) is 27.2 Å². The van der Waals surface area contributed by atoms with Crippen LogP contribution < -0.4 is 16.0 Å². The molecule has 0 radical (unpaired) electrons. The minimum absolute atomic E-state index is 0.120. The Morgan fingerprint density at radius 1 is 1.03 bits per heavy atom. The Hall–Kier alpha value is -2.86. The summed E-state index contributed by atoms with van der Waals surface area (Å²) in [5, 5.41) is 9.55. The van der Waals surface area contributed by atoms with Gasteiger partial charge in [0, 0.05) is 11.9 Å². The number of nitrogens with one attached hydrogen (secondary N) is 3. The van der Waals surface area contributed by atoms with Crippen molar-refractivity contribution in [2.75, 3.05) is 0 Å². The summed E-state index contributed by atoms with van der Waals surface area (Å²) in [7, 11) is 0. The zero-order chi connectivity index (χ0) is 23.3. The van der Waals surface area contributed by atoms with E-state index in [0.29, 0.717) is 17.9 Å². The third-order valence-corrected chi connectivity index (χ3v) is 5.81. The van der Waals surface area contributed by atoms with Gasteiger partial charge in [0.15, 0.2) is 0 Å². The van der Waals surface area contributed by atoms with E-state index in [4.69, 9.17) is 11.6 Å². The Labute approximate surface area is 194 Å². The number of carbonyl (C=O) groups excluding carboxylic acids is 3. The lowest BCUT2D eigenvalue weighted by Gasteiger charge is -2.26. The van der Waals surface area contributed by atoms with Crippen LogP contribution in [0, 0.1) is 5.92 Å². The molecular weight excluding hydrogens is 426 g/mol. The van der Waals surface area contributed by atoms with E-state index in [1.54, 1.807) is 12.1 Å². The molecule has 0 saturated heterocycles. The first-order valence-corrected chi connectivity index (χ1v) is 11.3. The molecule has 3 amide bonds. The fraction of sp³-hybridized carbons (Fsp3) is 0.400. The lowest BCUT2D eigenvalue weighted by molar-refractivity contribution is -0.129. The molecule has 0 fully saturated rings. The third-order valence-electron chi connectivity index (χ3n) is 5.56. The van der Waals surface area contributed by atoms with Gasteiger partial charge in [0.05, 0.1) is 18.5 Å². The fourth-order valence-electron chi connectivity index (χ4n) is 4.16. The minimum Gasteiger partial charge on any atom is -0.350 e. The molecule has 170 valence electrons. The molecule has 3 N–H and O–H groups in total. The maximum atomic E-state index is 13.1. The van der Waals surface area contributed by atoms with Gasteiger partial charge in [-0.2, -0.15) is 0 Å². The Bertz CT molecular complexity index is 975. The molecule has 7 heteroatoms. The highest BCUT2D eigenvalue weighted by molar-refractivity contribution is 6.30. The maximum absolute atomic E-state index is 13.1. The van der Waals surface area contributed by atoms with Crippen molar-refractivity contribution >= 4 is 29.3 Å². The molecule has 0 aromatic heterocycles. The van der Waals surface area contributed by atoms with E-state index in [0.717, 1.165) is 16.7 Å². The van der Waals surface area contributed by atoms with Crippen molar-refractivity contribution < 1.29 is 14.4 Å². The van der Waals surface area contributed by atoms with Crippen molar-refractivity contribution in [1.29, 1.82) is 0 Å². The van der Waals surface area contributed by atoms with Crippen LogP contribution in [-0.4, -0.2) is 29.8 Å². The topological polar surface area (TPSA) is 87.3 Å². The van der Waals surface area contributed by atoms with Crippen molar-refractivity contribution in [3.05, 3.63) is 70.2 Å². The predicted octanol–water partition coefficient (Wildman–Crippen LogP) is 3.33. The van der Waals surface area contributed by atoms with Gasteiger partial charge in [0.25, 0.3) is 0 Å². The number of rotatable bonds is 8. The molecule has 6 nitrogen and oxygen atoms in total. The van der Waals surface area contributed by atoms with Gasteiger partial charge in [0.1, 0.15) is 6.04 Å². The number of carbonyl (C=O) groups is 3. The highest BCUT2D eigenvalue weighted by Crippen LogP contribution is 2.31. The van der Waals surface area contributed by atoms with Crippen LogP contribution in [0.15, 0.2) is 48.5 Å². The second kappa shape index (κ2) is 10.6. The first kappa shape index (κ1) is 23.8. The van der Waals surface area contributed by atoms with Gasteiger partial charge >= 0.3 is 0 Å². The molecule has 32 heavy (non-hydrogen) atoms. The van der Waals surface area contributed by atoms with E-state index in [1.807, 2.05) is 50.2 Å². The second-order valence-corrected chi connectivity index (χ2v) is 9.19. The zero-order valence-corrected chi connectivity index (χ0v) is 19.4. The number of hydrogen-bond acceptors (Lipinski definition) is 3. The summed E-state index contributed by atoms with van der Waals surface area (Å²) in [6, 6.07) is 13.8. The SMILES string of the molecule is CC(=O)NC(CC(C)C)C(=O)N[C@@H]1c2ccccc2C[C@H]1NC(=O)Cc1ccc(Cl)cc1. The molecular formula is C25H30ClN3O3. The van der Waals surface area contributed by atoms with E-state index in [2.05, 4.69) is 16.0 Å². The highest BCUT2D eigenvalue weighted by Gasteiger charge is 2.36. The van der Waals surface area contributed by atoms with Crippen LogP contribution in [0.2, 0.25) is 5.02 Å². The Balaban J connectivity index is 1.74. The molecule has 1 aliphatic rings. The molecule has 2 aromatic carbocycles. The summed E-state index contributed by atoms with van der Waals surface area (Å²) in [5.74, 6) is -0.369. The largest absolute Gasteiger partial charge is 0.350 e. The molecule has 2 aromatic rings. The third kappa shape index (κ3) is 6.33. The standard InChI is InChI=1S/C25H30ClN3O3/c1-15(2)12-22(27-16(3)30)25(32)29-24-20-7-5-4-6-18(20)14-21(24)28-23(31)13-17-8-10-19(26)11-9-17/h4-11,15,21-22,24H,12-14H2,1-3H3,(H,27,30)(H,28,31)(H,29,32)/t21-,22?,24-/m1/s1. The minimum atomic E-state index is -0.620. The predicted molar refractivity (Wildman–Crippen MR) is 125 cm³/mol. The average Bonchev–Trinajstić information content (AvgIpc) is 3.05. The summed E-state index contributed by atoms with van der Waals surface area (Å²) in [5.41, 5.74) is 2.95. The van der Waals surface area contributed by atoms with Gasteiger partial charge in [-0.05, 0) is 47.6 Å². The Morgan fingerprint density at radius 3 is 2.38 bits per heavy atom. The number of fused-ring (bicyclic) bond motifs is 1. The van der Waals surface area contributed by atoms with E-state index < -0.39 is 6.04 Å². The number of amides is 3. The van der Waals surface area contributed by atoms with Crippen LogP contribution in [0.1, 0.15) is 49.9 Å². The molecule has 3 atom stereocenters. The van der Waals surface area contributed by atoms with Crippen molar-refractivity contribution in [2.24, 2.45) is 5.92 Å². The molecule has 0 aliphatic heterocycles. The molecule has 0 bridgehead atoms. The summed E-state index contributed by atoms with van der Waals surface area (Å²) in [4.78, 5) is 37.5. The quantitative estimate of drug-likeness (QED) is 0.570. The summed E-state index contributed by atoms with van der Waals surface area (Å²) >= 11 is 5.93. The molecule has 1 aliphatic carbocycles. The van der Waals surface area contributed by atoms with Gasteiger partial charge in [-0.3, -0.25) is 14.4 Å². The number of halogens is 1. The normalized spacial score (nSPS) is 18.0. The van der Waals surface area contributed by atoms with Crippen molar-refractivity contribution in [3.63, 3.8) is 0 Å². The first-order chi connectivity index (χ1) is 15.2. The van der Waals surface area contributed by atoms with Crippen LogP contribution in [0.5, 0.6) is 0 Å².